The average Bonchev–Trinajstić information content (AvgIpc) is 3.59. The van der Waals surface area contributed by atoms with Gasteiger partial charge < -0.3 is 4.42 Å². The van der Waals surface area contributed by atoms with Gasteiger partial charge in [0.05, 0.1) is 17.2 Å². The summed E-state index contributed by atoms with van der Waals surface area (Å²) in [5.74, 6) is 3.95. The normalized spacial score (nSPS) is 21.0. The van der Waals surface area contributed by atoms with Crippen molar-refractivity contribution in [3.63, 3.8) is 0 Å². The highest BCUT2D eigenvalue weighted by molar-refractivity contribution is 6.09. The fraction of sp³-hybridized carbons (Fsp3) is 0.224. The van der Waals surface area contributed by atoms with Gasteiger partial charge in [-0.2, -0.15) is 5.26 Å². The van der Waals surface area contributed by atoms with Gasteiger partial charge in [0.1, 0.15) is 11.2 Å². The molecule has 54 heavy (non-hydrogen) atoms. The molecule has 2 fully saturated rings. The molecule has 0 unspecified atom stereocenters. The van der Waals surface area contributed by atoms with Gasteiger partial charge >= 0.3 is 0 Å². The largest absolute Gasteiger partial charge is 0.455 e. The summed E-state index contributed by atoms with van der Waals surface area (Å²) >= 11 is 0. The van der Waals surface area contributed by atoms with E-state index in [1.165, 1.54) is 37.7 Å². The molecule has 8 aromatic rings. The molecule has 2 atom stereocenters. The Balaban J connectivity index is 1.13. The van der Waals surface area contributed by atoms with Crippen molar-refractivity contribution in [2.45, 2.75) is 51.4 Å². The minimum Gasteiger partial charge on any atom is -0.455 e. The van der Waals surface area contributed by atoms with Crippen molar-refractivity contribution < 1.29 is 4.42 Å². The van der Waals surface area contributed by atoms with Gasteiger partial charge in [0, 0.05) is 21.9 Å². The van der Waals surface area contributed by atoms with E-state index in [0.29, 0.717) is 23.0 Å². The number of nitrogens with zero attached hydrogens (tertiary/aromatic N) is 4. The first-order chi connectivity index (χ1) is 26.4. The smallest absolute Gasteiger partial charge is 0.167 e. The van der Waals surface area contributed by atoms with Crippen LogP contribution in [0.4, 0.5) is 0 Å². The molecule has 2 heterocycles. The lowest BCUT2D eigenvalue weighted by atomic mass is 9.54. The van der Waals surface area contributed by atoms with Gasteiger partial charge in [-0.25, -0.2) is 15.0 Å². The predicted molar refractivity (Wildman–Crippen MR) is 218 cm³/mol. The maximum atomic E-state index is 10.4. The molecule has 0 spiro atoms. The Kier molecular flexibility index (Phi) is 7.70. The summed E-state index contributed by atoms with van der Waals surface area (Å²) in [7, 11) is 0. The highest BCUT2D eigenvalue weighted by atomic mass is 16.3. The fourth-order valence-electron chi connectivity index (χ4n) is 10.2. The molecular formula is C49H40N4O. The first-order valence-corrected chi connectivity index (χ1v) is 19.2. The van der Waals surface area contributed by atoms with Crippen LogP contribution in [-0.2, 0) is 5.41 Å². The Labute approximate surface area is 315 Å². The third-order valence-corrected chi connectivity index (χ3v) is 12.1. The van der Waals surface area contributed by atoms with Crippen LogP contribution in [0.3, 0.4) is 0 Å². The number of hydrogen-bond donors (Lipinski definition) is 0. The lowest BCUT2D eigenvalue weighted by molar-refractivity contribution is 0.0780. The number of rotatable bonds is 5. The van der Waals surface area contributed by atoms with Gasteiger partial charge in [0.15, 0.2) is 17.5 Å². The first kappa shape index (κ1) is 32.5. The molecule has 6 aromatic carbocycles. The molecule has 0 amide bonds. The lowest BCUT2D eigenvalue weighted by Gasteiger charge is -2.50. The Bertz CT molecular complexity index is 2740. The van der Waals surface area contributed by atoms with Crippen molar-refractivity contribution in [2.24, 2.45) is 17.8 Å². The van der Waals surface area contributed by atoms with Crippen LogP contribution in [-0.4, -0.2) is 15.0 Å². The quantitative estimate of drug-likeness (QED) is 0.179. The first-order valence-electron chi connectivity index (χ1n) is 19.2. The Hall–Kier alpha value is -6.12. The van der Waals surface area contributed by atoms with E-state index in [9.17, 15) is 5.26 Å². The lowest BCUT2D eigenvalue weighted by Crippen LogP contribution is -2.42. The Morgan fingerprint density at radius 2 is 1.22 bits per heavy atom. The number of fused-ring (bicyclic) bond motifs is 6. The zero-order valence-corrected chi connectivity index (χ0v) is 30.6. The minimum absolute atomic E-state index is 0.276. The molecule has 2 saturated carbocycles. The number of furan rings is 1. The van der Waals surface area contributed by atoms with Crippen LogP contribution in [0.25, 0.3) is 78.0 Å². The third kappa shape index (κ3) is 5.48. The standard InChI is InChI=1S/C49H40N4O/c1-30-22-32-23-31(2)27-49(26-30,28-32)36-20-18-34(19-21-36)37-13-8-14-38-42(37)24-33(29-50)25-43(38)48-52-46(35-10-4-3-5-11-35)51-47(53-48)41-16-9-15-40-39-12-6-7-17-44(39)54-45(40)41/h3-21,24-25,30-32H,22-23,26-28H2,1-2H3/t30-,31-,32?,49?/m1/s1. The second-order valence-electron chi connectivity index (χ2n) is 16.0. The van der Waals surface area contributed by atoms with Crippen molar-refractivity contribution in [3.8, 4) is 51.4 Å². The number of nitriles is 1. The molecule has 10 rings (SSSR count). The summed E-state index contributed by atoms with van der Waals surface area (Å²) in [5.41, 5.74) is 8.56. The van der Waals surface area contributed by atoms with Crippen molar-refractivity contribution >= 4 is 32.7 Å². The highest BCUT2D eigenvalue weighted by Gasteiger charge is 2.45. The van der Waals surface area contributed by atoms with E-state index in [1.807, 2.05) is 72.8 Å². The van der Waals surface area contributed by atoms with Crippen LogP contribution < -0.4 is 0 Å². The van der Waals surface area contributed by atoms with Crippen molar-refractivity contribution in [1.29, 1.82) is 5.26 Å². The molecule has 2 aliphatic rings. The van der Waals surface area contributed by atoms with Gasteiger partial charge in [-0.15, -0.1) is 0 Å². The van der Waals surface area contributed by atoms with Crippen molar-refractivity contribution in [1.82, 2.24) is 15.0 Å². The second kappa shape index (κ2) is 12.8. The van der Waals surface area contributed by atoms with Gasteiger partial charge in [0.2, 0.25) is 0 Å². The van der Waals surface area contributed by atoms with Crippen molar-refractivity contribution in [3.05, 3.63) is 139 Å². The molecule has 2 aliphatic carbocycles. The van der Waals surface area contributed by atoms with E-state index in [1.54, 1.807) is 0 Å². The molecule has 5 nitrogen and oxygen atoms in total. The summed E-state index contributed by atoms with van der Waals surface area (Å²) in [6.45, 7) is 4.90. The highest BCUT2D eigenvalue weighted by Crippen LogP contribution is 2.54. The average molecular weight is 701 g/mol. The third-order valence-electron chi connectivity index (χ3n) is 12.1. The summed E-state index contributed by atoms with van der Waals surface area (Å²) in [6, 6.07) is 46.3. The van der Waals surface area contributed by atoms with Gasteiger partial charge in [-0.1, -0.05) is 117 Å². The maximum Gasteiger partial charge on any atom is 0.167 e. The molecule has 0 aliphatic heterocycles. The maximum absolute atomic E-state index is 10.4. The Morgan fingerprint density at radius 1 is 0.574 bits per heavy atom. The second-order valence-corrected chi connectivity index (χ2v) is 16.0. The van der Waals surface area contributed by atoms with Gasteiger partial charge in [0.25, 0.3) is 0 Å². The van der Waals surface area contributed by atoms with Crippen LogP contribution in [0.5, 0.6) is 0 Å². The van der Waals surface area contributed by atoms with Crippen molar-refractivity contribution in [2.75, 3.05) is 0 Å². The molecular weight excluding hydrogens is 661 g/mol. The van der Waals surface area contributed by atoms with Gasteiger partial charge in [-0.3, -0.25) is 0 Å². The molecule has 2 bridgehead atoms. The number of aromatic nitrogens is 3. The number of hydrogen-bond acceptors (Lipinski definition) is 5. The zero-order valence-electron chi connectivity index (χ0n) is 30.6. The monoisotopic (exact) mass is 700 g/mol. The molecule has 0 N–H and O–H groups in total. The van der Waals surface area contributed by atoms with Crippen LogP contribution >= 0.6 is 0 Å². The summed E-state index contributed by atoms with van der Waals surface area (Å²) < 4.78 is 6.44. The van der Waals surface area contributed by atoms with E-state index < -0.39 is 0 Å². The van der Waals surface area contributed by atoms with E-state index in [2.05, 4.69) is 74.5 Å². The summed E-state index contributed by atoms with van der Waals surface area (Å²) in [4.78, 5) is 15.3. The van der Waals surface area contributed by atoms with Crippen LogP contribution in [0.1, 0.15) is 57.1 Å². The van der Waals surface area contributed by atoms with Crippen LogP contribution in [0.2, 0.25) is 0 Å². The molecule has 262 valence electrons. The fourth-order valence-corrected chi connectivity index (χ4v) is 10.2. The van der Waals surface area contributed by atoms with E-state index in [-0.39, 0.29) is 5.41 Å². The molecule has 2 aromatic heterocycles. The van der Waals surface area contributed by atoms with Gasteiger partial charge in [-0.05, 0) is 107 Å². The number of benzene rings is 6. The summed E-state index contributed by atoms with van der Waals surface area (Å²) in [6.07, 6.45) is 6.61. The Morgan fingerprint density at radius 3 is 1.98 bits per heavy atom. The van der Waals surface area contributed by atoms with E-state index in [0.717, 1.165) is 78.3 Å². The van der Waals surface area contributed by atoms with Crippen LogP contribution in [0.15, 0.2) is 132 Å². The minimum atomic E-state index is 0.276. The SMILES string of the molecule is C[C@@H]1CC2C[C@@H](C)CC(c3ccc(-c4cccc5c(-c6nc(-c7ccccc7)nc(-c7cccc8c7oc7ccccc78)n6)cc(C#N)cc45)cc3)(C2)C1. The predicted octanol–water partition coefficient (Wildman–Crippen LogP) is 12.6. The molecule has 0 saturated heterocycles. The topological polar surface area (TPSA) is 75.6 Å². The van der Waals surface area contributed by atoms with E-state index in [4.69, 9.17) is 19.4 Å². The number of para-hydroxylation sites is 2. The van der Waals surface area contributed by atoms with Crippen LogP contribution in [0, 0.1) is 29.1 Å². The molecule has 5 heteroatoms. The zero-order chi connectivity index (χ0) is 36.4. The summed E-state index contributed by atoms with van der Waals surface area (Å²) in [5, 5.41) is 14.4. The molecule has 0 radical (unpaired) electrons. The van der Waals surface area contributed by atoms with E-state index >= 15 is 0 Å².